The summed E-state index contributed by atoms with van der Waals surface area (Å²) in [5.74, 6) is 0. The molecule has 0 amide bonds. The number of rotatable bonds is 9. The minimum absolute atomic E-state index is 0.308. The second-order valence-corrected chi connectivity index (χ2v) is 3.86. The number of hydrogen-bond acceptors (Lipinski definition) is 3. The van der Waals surface area contributed by atoms with Gasteiger partial charge in [-0.1, -0.05) is 0 Å². The molecule has 0 aromatic rings. The van der Waals surface area contributed by atoms with Gasteiger partial charge in [-0.25, -0.2) is 0 Å². The molecule has 1 unspecified atom stereocenters. The molecule has 0 bridgehead atoms. The quantitative estimate of drug-likeness (QED) is 0.580. The fourth-order valence-electron chi connectivity index (χ4n) is 1.08. The SMILES string of the molecule is CNC(C)CCCOCCOC(C)C. The van der Waals surface area contributed by atoms with Crippen molar-refractivity contribution < 1.29 is 9.47 Å². The van der Waals surface area contributed by atoms with Crippen molar-refractivity contribution in [3.63, 3.8) is 0 Å². The Kier molecular flexibility index (Phi) is 9.35. The Morgan fingerprint density at radius 3 is 2.36 bits per heavy atom. The predicted octanol–water partition coefficient (Wildman–Crippen LogP) is 1.82. The zero-order chi connectivity index (χ0) is 10.8. The highest BCUT2D eigenvalue weighted by Gasteiger charge is 1.97. The summed E-state index contributed by atoms with van der Waals surface area (Å²) in [6.07, 6.45) is 2.59. The van der Waals surface area contributed by atoms with Crippen LogP contribution in [0.5, 0.6) is 0 Å². The fraction of sp³-hybridized carbons (Fsp3) is 1.00. The second kappa shape index (κ2) is 9.44. The van der Waals surface area contributed by atoms with Crippen LogP contribution in [0.2, 0.25) is 0 Å². The summed E-state index contributed by atoms with van der Waals surface area (Å²) in [5.41, 5.74) is 0. The van der Waals surface area contributed by atoms with Gasteiger partial charge in [-0.2, -0.15) is 0 Å². The summed E-state index contributed by atoms with van der Waals surface area (Å²) in [5, 5.41) is 3.20. The van der Waals surface area contributed by atoms with Crippen molar-refractivity contribution in [3.8, 4) is 0 Å². The van der Waals surface area contributed by atoms with Crippen LogP contribution in [0.25, 0.3) is 0 Å². The van der Waals surface area contributed by atoms with E-state index >= 15 is 0 Å². The lowest BCUT2D eigenvalue weighted by Crippen LogP contribution is -2.21. The first-order valence-corrected chi connectivity index (χ1v) is 5.53. The maximum atomic E-state index is 5.43. The number of hydrogen-bond donors (Lipinski definition) is 1. The Bertz CT molecular complexity index is 118. The molecule has 3 heteroatoms. The molecule has 0 fully saturated rings. The van der Waals surface area contributed by atoms with E-state index in [4.69, 9.17) is 9.47 Å². The van der Waals surface area contributed by atoms with Crippen molar-refractivity contribution in [2.75, 3.05) is 26.9 Å². The normalized spacial score (nSPS) is 13.5. The van der Waals surface area contributed by atoms with Gasteiger partial charge in [0.05, 0.1) is 19.3 Å². The van der Waals surface area contributed by atoms with Crippen LogP contribution in [0.15, 0.2) is 0 Å². The average molecular weight is 203 g/mol. The smallest absolute Gasteiger partial charge is 0.0703 e. The third-order valence-corrected chi connectivity index (χ3v) is 2.10. The molecule has 14 heavy (non-hydrogen) atoms. The zero-order valence-electron chi connectivity index (χ0n) is 10.0. The molecule has 0 rings (SSSR count). The van der Waals surface area contributed by atoms with Crippen molar-refractivity contribution in [2.24, 2.45) is 0 Å². The van der Waals surface area contributed by atoms with Crippen LogP contribution in [0.3, 0.4) is 0 Å². The van der Waals surface area contributed by atoms with Crippen molar-refractivity contribution in [3.05, 3.63) is 0 Å². The number of ether oxygens (including phenoxy) is 2. The lowest BCUT2D eigenvalue weighted by molar-refractivity contribution is 0.0184. The number of nitrogens with one attached hydrogen (secondary N) is 1. The van der Waals surface area contributed by atoms with Gasteiger partial charge in [0.1, 0.15) is 0 Å². The predicted molar refractivity (Wildman–Crippen MR) is 59.7 cm³/mol. The lowest BCUT2D eigenvalue weighted by atomic mass is 10.2. The van der Waals surface area contributed by atoms with E-state index in [1.807, 2.05) is 20.9 Å². The summed E-state index contributed by atoms with van der Waals surface area (Å²) in [6, 6.07) is 0.588. The van der Waals surface area contributed by atoms with E-state index in [1.165, 1.54) is 6.42 Å². The molecule has 0 aromatic carbocycles. The van der Waals surface area contributed by atoms with Gasteiger partial charge in [0.25, 0.3) is 0 Å². The van der Waals surface area contributed by atoms with Gasteiger partial charge < -0.3 is 14.8 Å². The Hall–Kier alpha value is -0.120. The van der Waals surface area contributed by atoms with Crippen molar-refractivity contribution in [1.29, 1.82) is 0 Å². The van der Waals surface area contributed by atoms with Gasteiger partial charge in [0.2, 0.25) is 0 Å². The standard InChI is InChI=1S/C11H25NO2/c1-10(2)14-9-8-13-7-5-6-11(3)12-4/h10-12H,5-9H2,1-4H3. The van der Waals surface area contributed by atoms with Crippen LogP contribution >= 0.6 is 0 Å². The molecule has 0 radical (unpaired) electrons. The molecule has 0 spiro atoms. The molecule has 0 aliphatic rings. The molecular weight excluding hydrogens is 178 g/mol. The molecule has 1 atom stereocenters. The molecule has 3 nitrogen and oxygen atoms in total. The van der Waals surface area contributed by atoms with Gasteiger partial charge in [-0.15, -0.1) is 0 Å². The highest BCUT2D eigenvalue weighted by molar-refractivity contribution is 4.55. The highest BCUT2D eigenvalue weighted by atomic mass is 16.5. The average Bonchev–Trinajstić information content (AvgIpc) is 2.15. The highest BCUT2D eigenvalue weighted by Crippen LogP contribution is 1.96. The van der Waals surface area contributed by atoms with E-state index in [0.29, 0.717) is 25.4 Å². The van der Waals surface area contributed by atoms with E-state index in [9.17, 15) is 0 Å². The summed E-state index contributed by atoms with van der Waals surface area (Å²) in [6.45, 7) is 8.52. The van der Waals surface area contributed by atoms with Crippen LogP contribution in [-0.4, -0.2) is 39.0 Å². The minimum Gasteiger partial charge on any atom is -0.379 e. The summed E-state index contributed by atoms with van der Waals surface area (Å²) in [7, 11) is 1.99. The molecule has 0 aromatic heterocycles. The summed E-state index contributed by atoms with van der Waals surface area (Å²) < 4.78 is 10.8. The largest absolute Gasteiger partial charge is 0.379 e. The fourth-order valence-corrected chi connectivity index (χ4v) is 1.08. The van der Waals surface area contributed by atoms with Crippen LogP contribution in [-0.2, 0) is 9.47 Å². The molecule has 86 valence electrons. The van der Waals surface area contributed by atoms with E-state index in [0.717, 1.165) is 13.0 Å². The van der Waals surface area contributed by atoms with Crippen LogP contribution in [0, 0.1) is 0 Å². The maximum Gasteiger partial charge on any atom is 0.0703 e. The van der Waals surface area contributed by atoms with Gasteiger partial charge in [-0.3, -0.25) is 0 Å². The summed E-state index contributed by atoms with van der Waals surface area (Å²) in [4.78, 5) is 0. The first-order valence-electron chi connectivity index (χ1n) is 5.53. The minimum atomic E-state index is 0.308. The van der Waals surface area contributed by atoms with E-state index in [2.05, 4.69) is 12.2 Å². The van der Waals surface area contributed by atoms with E-state index in [1.54, 1.807) is 0 Å². The van der Waals surface area contributed by atoms with Gasteiger partial charge >= 0.3 is 0 Å². The zero-order valence-corrected chi connectivity index (χ0v) is 10.0. The maximum absolute atomic E-state index is 5.43. The monoisotopic (exact) mass is 203 g/mol. The third-order valence-electron chi connectivity index (χ3n) is 2.10. The van der Waals surface area contributed by atoms with E-state index in [-0.39, 0.29) is 0 Å². The first-order chi connectivity index (χ1) is 6.66. The molecular formula is C11H25NO2. The first kappa shape index (κ1) is 13.9. The molecule has 0 saturated carbocycles. The Balaban J connectivity index is 2.99. The van der Waals surface area contributed by atoms with Crippen molar-refractivity contribution in [1.82, 2.24) is 5.32 Å². The molecule has 0 aliphatic carbocycles. The second-order valence-electron chi connectivity index (χ2n) is 3.86. The Morgan fingerprint density at radius 1 is 1.07 bits per heavy atom. The van der Waals surface area contributed by atoms with Crippen LogP contribution < -0.4 is 5.32 Å². The Labute approximate surface area is 88.2 Å². The van der Waals surface area contributed by atoms with Crippen molar-refractivity contribution in [2.45, 2.75) is 45.8 Å². The van der Waals surface area contributed by atoms with E-state index < -0.39 is 0 Å². The van der Waals surface area contributed by atoms with Gasteiger partial charge in [-0.05, 0) is 40.7 Å². The summed E-state index contributed by atoms with van der Waals surface area (Å²) >= 11 is 0. The van der Waals surface area contributed by atoms with Gasteiger partial charge in [0, 0.05) is 12.6 Å². The van der Waals surface area contributed by atoms with Crippen LogP contribution in [0.4, 0.5) is 0 Å². The lowest BCUT2D eigenvalue weighted by Gasteiger charge is -2.10. The Morgan fingerprint density at radius 2 is 1.79 bits per heavy atom. The van der Waals surface area contributed by atoms with Crippen molar-refractivity contribution >= 4 is 0 Å². The topological polar surface area (TPSA) is 30.5 Å². The third kappa shape index (κ3) is 9.96. The molecule has 0 saturated heterocycles. The molecule has 1 N–H and O–H groups in total. The molecule has 0 aliphatic heterocycles. The van der Waals surface area contributed by atoms with Crippen LogP contribution in [0.1, 0.15) is 33.6 Å². The van der Waals surface area contributed by atoms with Gasteiger partial charge in [0.15, 0.2) is 0 Å². The molecule has 0 heterocycles.